The van der Waals surface area contributed by atoms with E-state index in [0.717, 1.165) is 0 Å². The van der Waals surface area contributed by atoms with Crippen LogP contribution in [0.2, 0.25) is 0 Å². The van der Waals surface area contributed by atoms with Crippen molar-refractivity contribution in [1.82, 2.24) is 0 Å². The molecule has 0 radical (unpaired) electrons. The van der Waals surface area contributed by atoms with E-state index in [2.05, 4.69) is 0 Å². The topological polar surface area (TPSA) is 17.1 Å². The summed E-state index contributed by atoms with van der Waals surface area (Å²) in [5, 5.41) is 0. The molecule has 0 aromatic heterocycles. The molecule has 0 aromatic rings. The molecule has 0 unspecified atom stereocenters. The number of carbonyl (C=O) groups excluding carboxylic acids is 1. The Morgan fingerprint density at radius 2 is 1.43 bits per heavy atom. The second kappa shape index (κ2) is 32.8. The first-order valence-corrected chi connectivity index (χ1v) is 1.86. The largest absolute Gasteiger partial charge is 2.00 e. The van der Waals surface area contributed by atoms with Crippen LogP contribution in [0.4, 0.5) is 0 Å². The fraction of sp³-hybridized carbons (Fsp3) is 0.600. The van der Waals surface area contributed by atoms with Gasteiger partial charge in [-0.15, -0.1) is 0 Å². The monoisotopic (exact) mass is 270 g/mol. The molecule has 0 atom stereocenters. The Hall–Kier alpha value is 0.358. The van der Waals surface area contributed by atoms with E-state index in [-0.39, 0.29) is 21.1 Å². The summed E-state index contributed by atoms with van der Waals surface area (Å²) in [4.78, 5) is 8.68. The molecule has 0 aliphatic carbocycles. The smallest absolute Gasteiger partial charge is 0.542 e. The Balaban J connectivity index is -0.0000000400. The van der Waals surface area contributed by atoms with Crippen molar-refractivity contribution in [2.24, 2.45) is 0 Å². The van der Waals surface area contributed by atoms with E-state index in [4.69, 9.17) is 4.79 Å². The standard InChI is InChI=1S/C3H7.C2H3O.W/c1-3-2;1-2-3;/h3H,1-2H3;1H3;/q2*-1;+2. The quantitative estimate of drug-likeness (QED) is 0.607. The molecule has 7 heavy (non-hydrogen) atoms. The van der Waals surface area contributed by atoms with Crippen molar-refractivity contribution in [3.8, 4) is 0 Å². The van der Waals surface area contributed by atoms with Crippen LogP contribution in [0.25, 0.3) is 0 Å². The summed E-state index contributed by atoms with van der Waals surface area (Å²) < 4.78 is 0. The molecule has 42 valence electrons. The van der Waals surface area contributed by atoms with Gasteiger partial charge in [-0.3, -0.25) is 6.29 Å². The zero-order valence-corrected chi connectivity index (χ0v) is 7.83. The molecule has 0 N–H and O–H groups in total. The molecule has 0 rings (SSSR count). The molecule has 0 amide bonds. The van der Waals surface area contributed by atoms with Crippen molar-refractivity contribution in [2.75, 3.05) is 0 Å². The minimum Gasteiger partial charge on any atom is -0.542 e. The van der Waals surface area contributed by atoms with Crippen LogP contribution in [0.3, 0.4) is 0 Å². The third-order valence-electron chi connectivity index (χ3n) is 0. The van der Waals surface area contributed by atoms with Crippen molar-refractivity contribution in [2.45, 2.75) is 20.8 Å². The molecule has 0 saturated heterocycles. The van der Waals surface area contributed by atoms with E-state index >= 15 is 0 Å². The first-order chi connectivity index (χ1) is 2.83. The molecule has 0 aliphatic heterocycles. The van der Waals surface area contributed by atoms with Gasteiger partial charge in [-0.1, -0.05) is 0 Å². The fourth-order valence-electron chi connectivity index (χ4n) is 0. The van der Waals surface area contributed by atoms with Crippen LogP contribution in [-0.2, 0) is 25.9 Å². The van der Waals surface area contributed by atoms with Gasteiger partial charge >= 0.3 is 21.1 Å². The fourth-order valence-corrected chi connectivity index (χ4v) is 0. The van der Waals surface area contributed by atoms with Gasteiger partial charge in [0.05, 0.1) is 0 Å². The number of rotatable bonds is 0. The van der Waals surface area contributed by atoms with Gasteiger partial charge in [-0.2, -0.15) is 20.8 Å². The summed E-state index contributed by atoms with van der Waals surface area (Å²) in [5.74, 6) is 0. The summed E-state index contributed by atoms with van der Waals surface area (Å²) in [7, 11) is 0. The zero-order chi connectivity index (χ0) is 5.41. The molecular formula is C5H10OW. The van der Waals surface area contributed by atoms with Crippen LogP contribution in [-0.4, -0.2) is 6.29 Å². The van der Waals surface area contributed by atoms with E-state index in [9.17, 15) is 0 Å². The zero-order valence-electron chi connectivity index (χ0n) is 4.89. The molecule has 2 heteroatoms. The molecule has 1 nitrogen and oxygen atoms in total. The average Bonchev–Trinajstić information content (AvgIpc) is 1.39. The van der Waals surface area contributed by atoms with E-state index < -0.39 is 0 Å². The molecule has 0 bridgehead atoms. The van der Waals surface area contributed by atoms with Crippen molar-refractivity contribution in [3.05, 3.63) is 6.42 Å². The Kier molecular flexibility index (Phi) is 73.4. The van der Waals surface area contributed by atoms with Gasteiger partial charge in [0.25, 0.3) is 0 Å². The van der Waals surface area contributed by atoms with Crippen LogP contribution >= 0.6 is 0 Å². The van der Waals surface area contributed by atoms with Crippen molar-refractivity contribution < 1.29 is 25.9 Å². The maximum atomic E-state index is 8.68. The van der Waals surface area contributed by atoms with Gasteiger partial charge in [-0.05, 0) is 0 Å². The van der Waals surface area contributed by atoms with Crippen LogP contribution in [0, 0.1) is 6.42 Å². The van der Waals surface area contributed by atoms with E-state index in [1.165, 1.54) is 13.2 Å². The normalized spacial score (nSPS) is 4.43. The predicted molar refractivity (Wildman–Crippen MR) is 27.0 cm³/mol. The van der Waals surface area contributed by atoms with Crippen molar-refractivity contribution in [3.63, 3.8) is 0 Å². The van der Waals surface area contributed by atoms with Crippen LogP contribution in [0.1, 0.15) is 20.8 Å². The summed E-state index contributed by atoms with van der Waals surface area (Å²) in [5.41, 5.74) is 0. The average molecular weight is 270 g/mol. The van der Waals surface area contributed by atoms with Crippen LogP contribution in [0.15, 0.2) is 0 Å². The SMILES string of the molecule is C[C-]=O.C[CH-]C.[W+2]. The van der Waals surface area contributed by atoms with Gasteiger partial charge in [0, 0.05) is 0 Å². The van der Waals surface area contributed by atoms with Crippen LogP contribution < -0.4 is 0 Å². The molecule has 0 aromatic carbocycles. The van der Waals surface area contributed by atoms with E-state index in [0.29, 0.717) is 0 Å². The van der Waals surface area contributed by atoms with Gasteiger partial charge in [0.1, 0.15) is 0 Å². The first-order valence-electron chi connectivity index (χ1n) is 1.86. The Morgan fingerprint density at radius 3 is 1.43 bits per heavy atom. The number of hydrogen-bond acceptors (Lipinski definition) is 1. The van der Waals surface area contributed by atoms with E-state index in [1.54, 1.807) is 0 Å². The van der Waals surface area contributed by atoms with Gasteiger partial charge in [0.15, 0.2) is 0 Å². The predicted octanol–water partition coefficient (Wildman–Crippen LogP) is 1.34. The number of hydrogen-bond donors (Lipinski definition) is 0. The maximum absolute atomic E-state index is 8.68. The Bertz CT molecular complexity index is 22.0. The summed E-state index contributed by atoms with van der Waals surface area (Å²) >= 11 is 0. The van der Waals surface area contributed by atoms with Gasteiger partial charge in [0.2, 0.25) is 0 Å². The first kappa shape index (κ1) is 15.7. The third kappa shape index (κ3) is 941. The molecule has 0 saturated carbocycles. The van der Waals surface area contributed by atoms with Crippen molar-refractivity contribution in [1.29, 1.82) is 0 Å². The Morgan fingerprint density at radius 1 is 1.43 bits per heavy atom. The van der Waals surface area contributed by atoms with Gasteiger partial charge < -0.3 is 11.2 Å². The summed E-state index contributed by atoms with van der Waals surface area (Å²) in [6, 6.07) is 0. The molecule has 0 heterocycles. The minimum absolute atomic E-state index is 0. The molecular weight excluding hydrogens is 260 g/mol. The molecule has 0 spiro atoms. The van der Waals surface area contributed by atoms with Gasteiger partial charge in [-0.25, -0.2) is 0 Å². The summed E-state index contributed by atoms with van der Waals surface area (Å²) in [6.45, 7) is 5.32. The molecule has 0 aliphatic rings. The minimum atomic E-state index is 0. The van der Waals surface area contributed by atoms with Crippen molar-refractivity contribution >= 4 is 6.29 Å². The summed E-state index contributed by atoms with van der Waals surface area (Å²) in [6.07, 6.45) is 3.50. The second-order valence-electron chi connectivity index (χ2n) is 0.781. The Labute approximate surface area is 59.8 Å². The molecule has 0 fully saturated rings. The second-order valence-corrected chi connectivity index (χ2v) is 0.781. The maximum Gasteiger partial charge on any atom is 2.00 e. The van der Waals surface area contributed by atoms with Crippen LogP contribution in [0.5, 0.6) is 0 Å². The van der Waals surface area contributed by atoms with E-state index in [1.807, 2.05) is 20.3 Å². The third-order valence-corrected chi connectivity index (χ3v) is 0.